The molecule has 2 rings (SSSR count). The minimum absolute atomic E-state index is 0.0745. The van der Waals surface area contributed by atoms with Gasteiger partial charge in [-0.05, 0) is 30.3 Å². The van der Waals surface area contributed by atoms with Crippen LogP contribution < -0.4 is 5.73 Å². The van der Waals surface area contributed by atoms with E-state index in [2.05, 4.69) is 10.1 Å². The van der Waals surface area contributed by atoms with Gasteiger partial charge in [0.25, 0.3) is 0 Å². The van der Waals surface area contributed by atoms with Gasteiger partial charge in [0.1, 0.15) is 11.5 Å². The van der Waals surface area contributed by atoms with Gasteiger partial charge in [0.2, 0.25) is 0 Å². The van der Waals surface area contributed by atoms with Crippen molar-refractivity contribution >= 4 is 17.6 Å². The molecule has 3 N–H and O–H groups in total. The second kappa shape index (κ2) is 5.50. The molecule has 0 saturated heterocycles. The predicted octanol–water partition coefficient (Wildman–Crippen LogP) is 2.47. The van der Waals surface area contributed by atoms with E-state index in [9.17, 15) is 4.39 Å². The summed E-state index contributed by atoms with van der Waals surface area (Å²) < 4.78 is 13.1. The van der Waals surface area contributed by atoms with Gasteiger partial charge in [0, 0.05) is 16.0 Å². The third kappa shape index (κ3) is 2.78. The Bertz CT molecular complexity index is 589. The van der Waals surface area contributed by atoms with Crippen LogP contribution in [0.4, 0.5) is 4.39 Å². The Balaban J connectivity index is 2.35. The van der Waals surface area contributed by atoms with Gasteiger partial charge in [-0.15, -0.1) is 0 Å². The standard InChI is InChI=1S/C12H10FN3OS/c13-8-3-1-4-9(7-8)18-10-5-2-6-15-11(10)12(14)16-17/h1-7,17H,(H2,14,16). The predicted molar refractivity (Wildman–Crippen MR) is 67.3 cm³/mol. The van der Waals surface area contributed by atoms with Crippen LogP contribution in [0.15, 0.2) is 57.5 Å². The molecule has 2 aromatic rings. The van der Waals surface area contributed by atoms with Crippen LogP contribution in [0, 0.1) is 5.82 Å². The molecule has 6 heteroatoms. The van der Waals surface area contributed by atoms with Crippen LogP contribution >= 0.6 is 11.8 Å². The van der Waals surface area contributed by atoms with E-state index in [-0.39, 0.29) is 11.7 Å². The molecule has 0 aliphatic rings. The Morgan fingerprint density at radius 2 is 2.17 bits per heavy atom. The minimum Gasteiger partial charge on any atom is -0.409 e. The first-order valence-corrected chi connectivity index (χ1v) is 5.88. The third-order valence-corrected chi connectivity index (χ3v) is 3.18. The minimum atomic E-state index is -0.311. The van der Waals surface area contributed by atoms with Gasteiger partial charge in [-0.2, -0.15) is 0 Å². The number of amidine groups is 1. The van der Waals surface area contributed by atoms with Crippen LogP contribution in [0.3, 0.4) is 0 Å². The average Bonchev–Trinajstić information content (AvgIpc) is 2.38. The Hall–Kier alpha value is -2.08. The first-order chi connectivity index (χ1) is 8.70. The van der Waals surface area contributed by atoms with E-state index in [4.69, 9.17) is 10.9 Å². The number of hydrogen-bond donors (Lipinski definition) is 2. The molecule has 0 fully saturated rings. The molecule has 1 aromatic heterocycles. The van der Waals surface area contributed by atoms with Gasteiger partial charge in [0.15, 0.2) is 5.84 Å². The largest absolute Gasteiger partial charge is 0.409 e. The maximum absolute atomic E-state index is 13.1. The Morgan fingerprint density at radius 1 is 1.33 bits per heavy atom. The molecule has 18 heavy (non-hydrogen) atoms. The first-order valence-electron chi connectivity index (χ1n) is 5.07. The Labute approximate surface area is 107 Å². The smallest absolute Gasteiger partial charge is 0.189 e. The lowest BCUT2D eigenvalue weighted by Gasteiger charge is -2.06. The van der Waals surface area contributed by atoms with Crippen LogP contribution in [0.25, 0.3) is 0 Å². The van der Waals surface area contributed by atoms with E-state index in [1.165, 1.54) is 23.9 Å². The van der Waals surface area contributed by atoms with Crippen molar-refractivity contribution in [1.29, 1.82) is 0 Å². The normalized spacial score (nSPS) is 11.5. The molecule has 0 aliphatic heterocycles. The topological polar surface area (TPSA) is 71.5 Å². The van der Waals surface area contributed by atoms with Crippen molar-refractivity contribution < 1.29 is 9.60 Å². The molecule has 0 radical (unpaired) electrons. The zero-order valence-electron chi connectivity index (χ0n) is 9.25. The van der Waals surface area contributed by atoms with Crippen LogP contribution in [-0.4, -0.2) is 16.0 Å². The fourth-order valence-corrected chi connectivity index (χ4v) is 2.34. The number of benzene rings is 1. The van der Waals surface area contributed by atoms with Crippen molar-refractivity contribution in [3.05, 3.63) is 54.1 Å². The van der Waals surface area contributed by atoms with E-state index in [1.54, 1.807) is 30.5 Å². The zero-order chi connectivity index (χ0) is 13.0. The molecule has 92 valence electrons. The summed E-state index contributed by atoms with van der Waals surface area (Å²) >= 11 is 1.30. The summed E-state index contributed by atoms with van der Waals surface area (Å²) in [5.74, 6) is -0.385. The van der Waals surface area contributed by atoms with Crippen LogP contribution in [0.2, 0.25) is 0 Å². The number of nitrogens with two attached hydrogens (primary N) is 1. The summed E-state index contributed by atoms with van der Waals surface area (Å²) in [7, 11) is 0. The molecule has 0 amide bonds. The van der Waals surface area contributed by atoms with Crippen molar-refractivity contribution in [2.45, 2.75) is 9.79 Å². The highest BCUT2D eigenvalue weighted by Gasteiger charge is 2.09. The molecule has 0 saturated carbocycles. The summed E-state index contributed by atoms with van der Waals surface area (Å²) in [6.07, 6.45) is 1.54. The number of hydrogen-bond acceptors (Lipinski definition) is 4. The fourth-order valence-electron chi connectivity index (χ4n) is 1.37. The van der Waals surface area contributed by atoms with Crippen molar-refractivity contribution in [3.8, 4) is 0 Å². The molecule has 0 aliphatic carbocycles. The second-order valence-corrected chi connectivity index (χ2v) is 4.51. The summed E-state index contributed by atoms with van der Waals surface area (Å²) in [5, 5.41) is 11.6. The van der Waals surface area contributed by atoms with Gasteiger partial charge in [-0.3, -0.25) is 4.98 Å². The number of rotatable bonds is 3. The van der Waals surface area contributed by atoms with E-state index >= 15 is 0 Å². The lowest BCUT2D eigenvalue weighted by atomic mass is 10.3. The number of nitrogens with zero attached hydrogens (tertiary/aromatic N) is 2. The number of aromatic nitrogens is 1. The SMILES string of the molecule is N/C(=N/O)c1ncccc1Sc1cccc(F)c1. The van der Waals surface area contributed by atoms with Gasteiger partial charge in [-0.1, -0.05) is 23.0 Å². The van der Waals surface area contributed by atoms with Crippen LogP contribution in [0.1, 0.15) is 5.69 Å². The number of oxime groups is 1. The molecule has 1 aromatic carbocycles. The molecule has 4 nitrogen and oxygen atoms in total. The Morgan fingerprint density at radius 3 is 2.89 bits per heavy atom. The van der Waals surface area contributed by atoms with Crippen LogP contribution in [-0.2, 0) is 0 Å². The second-order valence-electron chi connectivity index (χ2n) is 3.39. The highest BCUT2D eigenvalue weighted by atomic mass is 32.2. The van der Waals surface area contributed by atoms with Crippen LogP contribution in [0.5, 0.6) is 0 Å². The third-order valence-electron chi connectivity index (χ3n) is 2.14. The fraction of sp³-hybridized carbons (Fsp3) is 0. The highest BCUT2D eigenvalue weighted by Crippen LogP contribution is 2.29. The molecule has 0 atom stereocenters. The quantitative estimate of drug-likeness (QED) is 0.386. The molecule has 0 bridgehead atoms. The van der Waals surface area contributed by atoms with E-state index < -0.39 is 0 Å². The summed E-state index contributed by atoms with van der Waals surface area (Å²) in [6, 6.07) is 9.69. The van der Waals surface area contributed by atoms with E-state index in [0.717, 1.165) is 4.90 Å². The van der Waals surface area contributed by atoms with Crippen molar-refractivity contribution in [2.24, 2.45) is 10.9 Å². The average molecular weight is 263 g/mol. The lowest BCUT2D eigenvalue weighted by molar-refractivity contribution is 0.318. The maximum Gasteiger partial charge on any atom is 0.189 e. The lowest BCUT2D eigenvalue weighted by Crippen LogP contribution is -2.15. The van der Waals surface area contributed by atoms with E-state index in [0.29, 0.717) is 10.6 Å². The zero-order valence-corrected chi connectivity index (χ0v) is 10.1. The first kappa shape index (κ1) is 12.4. The molecule has 1 heterocycles. The summed E-state index contributed by atoms with van der Waals surface area (Å²) in [6.45, 7) is 0. The molecular weight excluding hydrogens is 253 g/mol. The van der Waals surface area contributed by atoms with Gasteiger partial charge in [0.05, 0.1) is 0 Å². The summed E-state index contributed by atoms with van der Waals surface area (Å²) in [4.78, 5) is 5.45. The molecule has 0 unspecified atom stereocenters. The maximum atomic E-state index is 13.1. The number of pyridine rings is 1. The molecular formula is C12H10FN3OS. The highest BCUT2D eigenvalue weighted by molar-refractivity contribution is 7.99. The number of halogens is 1. The van der Waals surface area contributed by atoms with Gasteiger partial charge >= 0.3 is 0 Å². The van der Waals surface area contributed by atoms with Crippen molar-refractivity contribution in [3.63, 3.8) is 0 Å². The van der Waals surface area contributed by atoms with E-state index in [1.807, 2.05) is 0 Å². The molecule has 0 spiro atoms. The Kier molecular flexibility index (Phi) is 3.78. The van der Waals surface area contributed by atoms with Crippen molar-refractivity contribution in [1.82, 2.24) is 4.98 Å². The van der Waals surface area contributed by atoms with Gasteiger partial charge < -0.3 is 10.9 Å². The van der Waals surface area contributed by atoms with Gasteiger partial charge in [-0.25, -0.2) is 4.39 Å². The van der Waals surface area contributed by atoms with Crippen molar-refractivity contribution in [2.75, 3.05) is 0 Å². The monoisotopic (exact) mass is 263 g/mol. The summed E-state index contributed by atoms with van der Waals surface area (Å²) in [5.41, 5.74) is 5.90.